The molecule has 1 amide bonds. The Morgan fingerprint density at radius 1 is 1.27 bits per heavy atom. The molecule has 1 fully saturated rings. The maximum absolute atomic E-state index is 11.3. The first-order chi connectivity index (χ1) is 12.5. The van der Waals surface area contributed by atoms with E-state index in [9.17, 15) is 20.1 Å². The van der Waals surface area contributed by atoms with Crippen LogP contribution in [0.5, 0.6) is 0 Å². The van der Waals surface area contributed by atoms with Crippen molar-refractivity contribution in [1.82, 2.24) is 5.32 Å². The smallest absolute Gasteiger partial charge is 0.217 e. The van der Waals surface area contributed by atoms with Crippen molar-refractivity contribution >= 4 is 17.7 Å². The van der Waals surface area contributed by atoms with Crippen molar-refractivity contribution in [2.45, 2.75) is 49.7 Å². The average Bonchev–Trinajstić information content (AvgIpc) is 2.64. The van der Waals surface area contributed by atoms with E-state index < -0.39 is 37.3 Å². The second-order valence-electron chi connectivity index (χ2n) is 6.20. The Morgan fingerprint density at radius 2 is 2.00 bits per heavy atom. The molecule has 26 heavy (non-hydrogen) atoms. The van der Waals surface area contributed by atoms with E-state index in [0.717, 1.165) is 17.9 Å². The van der Waals surface area contributed by atoms with Crippen LogP contribution in [0.2, 0.25) is 0 Å². The summed E-state index contributed by atoms with van der Waals surface area (Å²) in [5.41, 5.74) is 1.27. The molecule has 5 atom stereocenters. The lowest BCUT2D eigenvalue weighted by Crippen LogP contribution is -2.64. The first kappa shape index (κ1) is 21.1. The van der Waals surface area contributed by atoms with Crippen molar-refractivity contribution in [3.63, 3.8) is 0 Å². The van der Waals surface area contributed by atoms with Crippen LogP contribution in [0.4, 0.5) is 0 Å². The van der Waals surface area contributed by atoms with Crippen molar-refractivity contribution in [3.05, 3.63) is 35.9 Å². The lowest BCUT2D eigenvalue weighted by molar-refractivity contribution is -0.270. The number of carbonyl (C=O) groups is 1. The Kier molecular flexibility index (Phi) is 8.83. The van der Waals surface area contributed by atoms with Crippen LogP contribution in [0.3, 0.4) is 0 Å². The number of aliphatic hydroxyl groups is 3. The molecule has 0 radical (unpaired) electrons. The van der Waals surface area contributed by atoms with Crippen molar-refractivity contribution in [1.29, 1.82) is 0 Å². The molecule has 1 aromatic carbocycles. The number of thioether (sulfide) groups is 1. The summed E-state index contributed by atoms with van der Waals surface area (Å²) in [6.07, 6.45) is -3.67. The summed E-state index contributed by atoms with van der Waals surface area (Å²) in [5, 5.41) is 31.9. The van der Waals surface area contributed by atoms with E-state index in [2.05, 4.69) is 17.4 Å². The first-order valence-corrected chi connectivity index (χ1v) is 9.81. The van der Waals surface area contributed by atoms with Crippen LogP contribution in [0.25, 0.3) is 0 Å². The van der Waals surface area contributed by atoms with Crippen molar-refractivity contribution < 1.29 is 29.6 Å². The fourth-order valence-electron chi connectivity index (χ4n) is 2.74. The van der Waals surface area contributed by atoms with Crippen LogP contribution in [0, 0.1) is 0 Å². The average molecular weight is 385 g/mol. The van der Waals surface area contributed by atoms with Gasteiger partial charge >= 0.3 is 0 Å². The number of carbonyl (C=O) groups excluding carboxylic acids is 1. The topological polar surface area (TPSA) is 108 Å². The highest BCUT2D eigenvalue weighted by Gasteiger charge is 2.45. The molecule has 0 unspecified atom stereocenters. The number of hydrogen-bond acceptors (Lipinski definition) is 7. The minimum Gasteiger partial charge on any atom is -0.394 e. The zero-order valence-electron chi connectivity index (χ0n) is 14.8. The van der Waals surface area contributed by atoms with Crippen LogP contribution >= 0.6 is 11.8 Å². The zero-order chi connectivity index (χ0) is 18.9. The minimum atomic E-state index is -1.29. The van der Waals surface area contributed by atoms with Gasteiger partial charge in [0.2, 0.25) is 5.91 Å². The van der Waals surface area contributed by atoms with Gasteiger partial charge in [-0.2, -0.15) is 11.8 Å². The molecular formula is C18H27NO6S. The molecule has 0 bridgehead atoms. The number of nitrogens with one attached hydrogen (secondary N) is 1. The molecule has 146 valence electrons. The van der Waals surface area contributed by atoms with Gasteiger partial charge in [-0.25, -0.2) is 0 Å². The Hall–Kier alpha value is -1.16. The summed E-state index contributed by atoms with van der Waals surface area (Å²) in [7, 11) is 0. The molecule has 1 saturated heterocycles. The monoisotopic (exact) mass is 385 g/mol. The highest BCUT2D eigenvalue weighted by atomic mass is 32.2. The van der Waals surface area contributed by atoms with Crippen LogP contribution in [-0.2, 0) is 20.0 Å². The molecule has 8 heteroatoms. The predicted octanol–water partition coefficient (Wildman–Crippen LogP) is 0.270. The molecule has 1 aliphatic rings. The second kappa shape index (κ2) is 10.9. The van der Waals surface area contributed by atoms with Gasteiger partial charge in [-0.3, -0.25) is 4.79 Å². The van der Waals surface area contributed by atoms with Crippen LogP contribution in [0.15, 0.2) is 30.3 Å². The lowest BCUT2D eigenvalue weighted by atomic mass is 9.97. The Labute approximate surface area is 157 Å². The summed E-state index contributed by atoms with van der Waals surface area (Å²) >= 11 is 1.79. The number of rotatable bonds is 9. The van der Waals surface area contributed by atoms with E-state index in [-0.39, 0.29) is 5.91 Å². The number of aliphatic hydroxyl groups excluding tert-OH is 3. The molecule has 0 aromatic heterocycles. The maximum atomic E-state index is 11.3. The summed E-state index contributed by atoms with van der Waals surface area (Å²) in [4.78, 5) is 11.3. The van der Waals surface area contributed by atoms with Crippen LogP contribution < -0.4 is 5.32 Å². The van der Waals surface area contributed by atoms with Gasteiger partial charge in [-0.1, -0.05) is 30.3 Å². The molecule has 7 nitrogen and oxygen atoms in total. The van der Waals surface area contributed by atoms with Crippen LogP contribution in [0.1, 0.15) is 18.9 Å². The fraction of sp³-hybridized carbons (Fsp3) is 0.611. The van der Waals surface area contributed by atoms with E-state index >= 15 is 0 Å². The van der Waals surface area contributed by atoms with Gasteiger partial charge in [0, 0.05) is 12.7 Å². The highest BCUT2D eigenvalue weighted by Crippen LogP contribution is 2.22. The van der Waals surface area contributed by atoms with E-state index in [1.807, 2.05) is 18.2 Å². The van der Waals surface area contributed by atoms with Gasteiger partial charge in [0.1, 0.15) is 24.4 Å². The molecule has 2 rings (SSSR count). The van der Waals surface area contributed by atoms with Gasteiger partial charge in [-0.05, 0) is 17.7 Å². The van der Waals surface area contributed by atoms with Crippen molar-refractivity contribution in [2.24, 2.45) is 0 Å². The van der Waals surface area contributed by atoms with Gasteiger partial charge in [0.25, 0.3) is 0 Å². The molecule has 1 aromatic rings. The molecule has 0 aliphatic carbocycles. The Bertz CT molecular complexity index is 546. The number of ether oxygens (including phenoxy) is 2. The summed E-state index contributed by atoms with van der Waals surface area (Å²) < 4.78 is 11.2. The molecule has 4 N–H and O–H groups in total. The number of amides is 1. The minimum absolute atomic E-state index is 0.362. The fourth-order valence-corrected chi connectivity index (χ4v) is 3.63. The van der Waals surface area contributed by atoms with Gasteiger partial charge < -0.3 is 30.1 Å². The quantitative estimate of drug-likeness (QED) is 0.452. The molecule has 0 spiro atoms. The van der Waals surface area contributed by atoms with Gasteiger partial charge in [0.05, 0.1) is 13.2 Å². The predicted molar refractivity (Wildman–Crippen MR) is 98.5 cm³/mol. The number of benzene rings is 1. The molecule has 1 heterocycles. The van der Waals surface area contributed by atoms with Crippen molar-refractivity contribution in [2.75, 3.05) is 19.0 Å². The summed E-state index contributed by atoms with van der Waals surface area (Å²) in [5.74, 6) is 1.45. The largest absolute Gasteiger partial charge is 0.394 e. The molecule has 1 aliphatic heterocycles. The molecular weight excluding hydrogens is 358 g/mol. The highest BCUT2D eigenvalue weighted by molar-refractivity contribution is 7.98. The van der Waals surface area contributed by atoms with E-state index in [1.165, 1.54) is 12.5 Å². The second-order valence-corrected chi connectivity index (χ2v) is 7.30. The van der Waals surface area contributed by atoms with Gasteiger partial charge in [-0.15, -0.1) is 0 Å². The third kappa shape index (κ3) is 6.22. The molecule has 0 saturated carbocycles. The van der Waals surface area contributed by atoms with Crippen LogP contribution in [-0.4, -0.2) is 70.8 Å². The normalized spacial score (nSPS) is 28.7. The maximum Gasteiger partial charge on any atom is 0.217 e. The van der Waals surface area contributed by atoms with E-state index in [1.54, 1.807) is 11.8 Å². The van der Waals surface area contributed by atoms with Crippen molar-refractivity contribution in [3.8, 4) is 0 Å². The SMILES string of the molecule is CC(=O)N[C@H]1[C@H](OCCCSCc2ccccc2)O[C@H](CO)[C@@H](O)[C@@H]1O. The zero-order valence-corrected chi connectivity index (χ0v) is 15.6. The van der Waals surface area contributed by atoms with E-state index in [4.69, 9.17) is 9.47 Å². The third-order valence-electron chi connectivity index (χ3n) is 4.08. The van der Waals surface area contributed by atoms with E-state index in [0.29, 0.717) is 6.61 Å². The summed E-state index contributed by atoms with van der Waals surface area (Å²) in [6, 6.07) is 9.29. The Balaban J connectivity index is 1.76. The van der Waals surface area contributed by atoms with Gasteiger partial charge in [0.15, 0.2) is 6.29 Å². The first-order valence-electron chi connectivity index (χ1n) is 8.65. The number of hydrogen-bond donors (Lipinski definition) is 4. The standard InChI is InChI=1S/C18H27NO6S/c1-12(21)19-15-17(23)16(22)14(10-20)25-18(15)24-8-5-9-26-11-13-6-3-2-4-7-13/h2-4,6-7,14-18,20,22-23H,5,8-11H2,1H3,(H,19,21)/t14-,15-,16-,17-,18-/m1/s1. The lowest BCUT2D eigenvalue weighted by Gasteiger charge is -2.42. The Morgan fingerprint density at radius 3 is 2.65 bits per heavy atom. The summed E-state index contributed by atoms with van der Waals surface area (Å²) in [6.45, 7) is 1.25. The third-order valence-corrected chi connectivity index (χ3v) is 5.19.